The van der Waals surface area contributed by atoms with Gasteiger partial charge < -0.3 is 10.6 Å². The first kappa shape index (κ1) is 13.2. The van der Waals surface area contributed by atoms with Crippen LogP contribution < -0.4 is 10.6 Å². The van der Waals surface area contributed by atoms with E-state index in [1.807, 2.05) is 31.3 Å². The van der Waals surface area contributed by atoms with Crippen molar-refractivity contribution < 1.29 is 4.79 Å². The number of hydrogen-bond acceptors (Lipinski definition) is 4. The van der Waals surface area contributed by atoms with Gasteiger partial charge in [-0.05, 0) is 18.7 Å². The molecule has 0 saturated carbocycles. The molecule has 100 valence electrons. The molecule has 0 saturated heterocycles. The number of benzene rings is 1. The van der Waals surface area contributed by atoms with Gasteiger partial charge in [-0.1, -0.05) is 18.2 Å². The molecule has 2 N–H and O–H groups in total. The van der Waals surface area contributed by atoms with E-state index in [0.29, 0.717) is 13.0 Å². The Morgan fingerprint density at radius 3 is 2.95 bits per heavy atom. The number of carbonyl (C=O) groups excluding carboxylic acids is 1. The Morgan fingerprint density at radius 2 is 2.21 bits per heavy atom. The standard InChI is InChI=1S/C13H17N5O/c1-14-8-11-4-2-3-5-12(11)17-13(19)6-7-18-10-15-9-16-18/h2-5,9-10,14H,6-8H2,1H3,(H,17,19). The number of para-hydroxylation sites is 1. The lowest BCUT2D eigenvalue weighted by Crippen LogP contribution is -2.17. The molecule has 1 aromatic carbocycles. The van der Waals surface area contributed by atoms with Crippen molar-refractivity contribution in [1.29, 1.82) is 0 Å². The molecule has 2 rings (SSSR count). The van der Waals surface area contributed by atoms with Crippen LogP contribution in [0.3, 0.4) is 0 Å². The van der Waals surface area contributed by atoms with Crippen molar-refractivity contribution >= 4 is 11.6 Å². The van der Waals surface area contributed by atoms with Gasteiger partial charge in [0.25, 0.3) is 0 Å². The van der Waals surface area contributed by atoms with Crippen LogP contribution in [0, 0.1) is 0 Å². The molecule has 0 fully saturated rings. The van der Waals surface area contributed by atoms with Crippen LogP contribution in [0.1, 0.15) is 12.0 Å². The first-order valence-electron chi connectivity index (χ1n) is 6.14. The lowest BCUT2D eigenvalue weighted by atomic mass is 10.1. The van der Waals surface area contributed by atoms with Crippen LogP contribution in [0.15, 0.2) is 36.9 Å². The highest BCUT2D eigenvalue weighted by Crippen LogP contribution is 2.14. The van der Waals surface area contributed by atoms with Crippen molar-refractivity contribution in [3.05, 3.63) is 42.5 Å². The predicted octanol–water partition coefficient (Wildman–Crippen LogP) is 1.03. The van der Waals surface area contributed by atoms with Crippen LogP contribution >= 0.6 is 0 Å². The van der Waals surface area contributed by atoms with Crippen molar-refractivity contribution in [3.63, 3.8) is 0 Å². The number of hydrogen-bond donors (Lipinski definition) is 2. The topological polar surface area (TPSA) is 71.8 Å². The van der Waals surface area contributed by atoms with Crippen LogP contribution in [0.5, 0.6) is 0 Å². The number of carbonyl (C=O) groups is 1. The average molecular weight is 259 g/mol. The van der Waals surface area contributed by atoms with E-state index in [0.717, 1.165) is 17.8 Å². The Morgan fingerprint density at radius 1 is 1.37 bits per heavy atom. The van der Waals surface area contributed by atoms with E-state index >= 15 is 0 Å². The molecular weight excluding hydrogens is 242 g/mol. The van der Waals surface area contributed by atoms with Crippen molar-refractivity contribution in [2.24, 2.45) is 0 Å². The Balaban J connectivity index is 1.91. The maximum Gasteiger partial charge on any atom is 0.226 e. The fourth-order valence-electron chi connectivity index (χ4n) is 1.76. The minimum Gasteiger partial charge on any atom is -0.326 e. The number of aryl methyl sites for hydroxylation is 1. The van der Waals surface area contributed by atoms with E-state index in [1.165, 1.54) is 6.33 Å². The molecule has 2 aromatic rings. The molecule has 0 aliphatic rings. The third-order valence-electron chi connectivity index (χ3n) is 2.69. The summed E-state index contributed by atoms with van der Waals surface area (Å²) in [6.07, 6.45) is 3.43. The summed E-state index contributed by atoms with van der Waals surface area (Å²) in [7, 11) is 1.88. The SMILES string of the molecule is CNCc1ccccc1NC(=O)CCn1cncn1. The monoisotopic (exact) mass is 259 g/mol. The molecule has 0 radical (unpaired) electrons. The Bertz CT molecular complexity index is 524. The van der Waals surface area contributed by atoms with E-state index in [2.05, 4.69) is 20.7 Å². The summed E-state index contributed by atoms with van der Waals surface area (Å²) in [5.74, 6) is -0.0287. The van der Waals surface area contributed by atoms with Crippen LogP contribution in [0.25, 0.3) is 0 Å². The second-order valence-electron chi connectivity index (χ2n) is 4.14. The molecule has 6 nitrogen and oxygen atoms in total. The van der Waals surface area contributed by atoms with Crippen molar-refractivity contribution in [2.75, 3.05) is 12.4 Å². The summed E-state index contributed by atoms with van der Waals surface area (Å²) in [6, 6.07) is 7.76. The van der Waals surface area contributed by atoms with Gasteiger partial charge in [0.2, 0.25) is 5.91 Å². The van der Waals surface area contributed by atoms with Gasteiger partial charge in [-0.3, -0.25) is 9.48 Å². The zero-order valence-corrected chi connectivity index (χ0v) is 10.8. The van der Waals surface area contributed by atoms with Gasteiger partial charge in [-0.25, -0.2) is 4.98 Å². The summed E-state index contributed by atoms with van der Waals surface area (Å²) in [5, 5.41) is 9.95. The zero-order chi connectivity index (χ0) is 13.5. The predicted molar refractivity (Wildman–Crippen MR) is 72.5 cm³/mol. The van der Waals surface area contributed by atoms with E-state index in [1.54, 1.807) is 11.0 Å². The zero-order valence-electron chi connectivity index (χ0n) is 10.8. The molecule has 1 aromatic heterocycles. The van der Waals surface area contributed by atoms with Crippen LogP contribution in [-0.2, 0) is 17.9 Å². The van der Waals surface area contributed by atoms with Gasteiger partial charge in [0, 0.05) is 18.7 Å². The minimum atomic E-state index is -0.0287. The Hall–Kier alpha value is -2.21. The number of nitrogens with one attached hydrogen (secondary N) is 2. The molecule has 1 amide bonds. The number of anilines is 1. The molecule has 6 heteroatoms. The largest absolute Gasteiger partial charge is 0.326 e. The minimum absolute atomic E-state index is 0.0287. The summed E-state index contributed by atoms with van der Waals surface area (Å²) in [5.41, 5.74) is 1.92. The van der Waals surface area contributed by atoms with Gasteiger partial charge >= 0.3 is 0 Å². The van der Waals surface area contributed by atoms with E-state index < -0.39 is 0 Å². The molecule has 1 heterocycles. The Labute approximate surface area is 111 Å². The maximum atomic E-state index is 11.9. The van der Waals surface area contributed by atoms with Gasteiger partial charge in [-0.15, -0.1) is 0 Å². The second-order valence-corrected chi connectivity index (χ2v) is 4.14. The number of rotatable bonds is 6. The average Bonchev–Trinajstić information content (AvgIpc) is 2.92. The summed E-state index contributed by atoms with van der Waals surface area (Å²) >= 11 is 0. The summed E-state index contributed by atoms with van der Waals surface area (Å²) < 4.78 is 1.64. The first-order valence-corrected chi connectivity index (χ1v) is 6.14. The fourth-order valence-corrected chi connectivity index (χ4v) is 1.76. The summed E-state index contributed by atoms with van der Waals surface area (Å²) in [4.78, 5) is 15.7. The number of amides is 1. The Kier molecular flexibility index (Phi) is 4.63. The quantitative estimate of drug-likeness (QED) is 0.812. The van der Waals surface area contributed by atoms with Crippen LogP contribution in [-0.4, -0.2) is 27.7 Å². The molecule has 0 aliphatic heterocycles. The molecule has 0 atom stereocenters. The lowest BCUT2D eigenvalue weighted by Gasteiger charge is -2.10. The molecule has 0 aliphatic carbocycles. The van der Waals surface area contributed by atoms with E-state index in [-0.39, 0.29) is 5.91 Å². The highest BCUT2D eigenvalue weighted by Gasteiger charge is 2.06. The molecule has 0 unspecified atom stereocenters. The van der Waals surface area contributed by atoms with Gasteiger partial charge in [-0.2, -0.15) is 5.10 Å². The maximum absolute atomic E-state index is 11.9. The van der Waals surface area contributed by atoms with Crippen LogP contribution in [0.2, 0.25) is 0 Å². The molecule has 19 heavy (non-hydrogen) atoms. The van der Waals surface area contributed by atoms with E-state index in [9.17, 15) is 4.79 Å². The van der Waals surface area contributed by atoms with Gasteiger partial charge in [0.15, 0.2) is 0 Å². The van der Waals surface area contributed by atoms with Gasteiger partial charge in [0.05, 0.1) is 6.54 Å². The number of aromatic nitrogens is 3. The smallest absolute Gasteiger partial charge is 0.226 e. The third-order valence-corrected chi connectivity index (χ3v) is 2.69. The van der Waals surface area contributed by atoms with Crippen molar-refractivity contribution in [1.82, 2.24) is 20.1 Å². The van der Waals surface area contributed by atoms with Gasteiger partial charge in [0.1, 0.15) is 12.7 Å². The first-order chi connectivity index (χ1) is 9.29. The number of nitrogens with zero attached hydrogens (tertiary/aromatic N) is 3. The van der Waals surface area contributed by atoms with Crippen molar-refractivity contribution in [3.8, 4) is 0 Å². The fraction of sp³-hybridized carbons (Fsp3) is 0.308. The highest BCUT2D eigenvalue weighted by atomic mass is 16.1. The van der Waals surface area contributed by atoms with Crippen LogP contribution in [0.4, 0.5) is 5.69 Å². The normalized spacial score (nSPS) is 10.4. The second kappa shape index (κ2) is 6.65. The molecule has 0 spiro atoms. The lowest BCUT2D eigenvalue weighted by molar-refractivity contribution is -0.116. The molecular formula is C13H17N5O. The van der Waals surface area contributed by atoms with E-state index in [4.69, 9.17) is 0 Å². The van der Waals surface area contributed by atoms with Crippen molar-refractivity contribution in [2.45, 2.75) is 19.5 Å². The highest BCUT2D eigenvalue weighted by molar-refractivity contribution is 5.91. The third kappa shape index (κ3) is 3.89. The molecule has 0 bridgehead atoms. The summed E-state index contributed by atoms with van der Waals surface area (Å²) in [6.45, 7) is 1.25.